The second-order valence-corrected chi connectivity index (χ2v) is 4.42. The standard InChI is InChI=1S/C14H14FN3O3/c1-3-8-7-11(18(2)17-8)13(19)16-12-9(14(20)21)5-4-6-10(12)15/h4-7H,3H2,1-2H3,(H,16,19)(H,20,21). The molecule has 0 spiro atoms. The molecule has 0 saturated heterocycles. The van der Waals surface area contributed by atoms with Gasteiger partial charge in [0, 0.05) is 7.05 Å². The Kier molecular flexibility index (Phi) is 4.02. The van der Waals surface area contributed by atoms with Crippen molar-refractivity contribution in [3.05, 3.63) is 47.0 Å². The minimum absolute atomic E-state index is 0.228. The Morgan fingerprint density at radius 3 is 2.71 bits per heavy atom. The van der Waals surface area contributed by atoms with E-state index in [0.717, 1.165) is 11.8 Å². The molecule has 0 saturated carbocycles. The summed E-state index contributed by atoms with van der Waals surface area (Å²) in [5.41, 5.74) is 0.288. The Hall–Kier alpha value is -2.70. The fraction of sp³-hybridized carbons (Fsp3) is 0.214. The number of rotatable bonds is 4. The molecule has 0 fully saturated rings. The lowest BCUT2D eigenvalue weighted by Gasteiger charge is -2.09. The predicted molar refractivity (Wildman–Crippen MR) is 73.9 cm³/mol. The average Bonchev–Trinajstić information content (AvgIpc) is 2.82. The highest BCUT2D eigenvalue weighted by molar-refractivity contribution is 6.07. The Morgan fingerprint density at radius 2 is 2.14 bits per heavy atom. The summed E-state index contributed by atoms with van der Waals surface area (Å²) in [6, 6.07) is 5.16. The predicted octanol–water partition coefficient (Wildman–Crippen LogP) is 2.07. The first kappa shape index (κ1) is 14.7. The molecule has 0 aliphatic heterocycles. The molecule has 1 amide bonds. The van der Waals surface area contributed by atoms with Crippen LogP contribution in [0.5, 0.6) is 0 Å². The second kappa shape index (κ2) is 5.74. The first-order valence-corrected chi connectivity index (χ1v) is 6.30. The summed E-state index contributed by atoms with van der Waals surface area (Å²) in [7, 11) is 1.59. The maximum Gasteiger partial charge on any atom is 0.337 e. The van der Waals surface area contributed by atoms with Crippen LogP contribution >= 0.6 is 0 Å². The van der Waals surface area contributed by atoms with Gasteiger partial charge in [0.05, 0.1) is 16.9 Å². The summed E-state index contributed by atoms with van der Waals surface area (Å²) >= 11 is 0. The van der Waals surface area contributed by atoms with E-state index in [2.05, 4.69) is 10.4 Å². The van der Waals surface area contributed by atoms with Gasteiger partial charge < -0.3 is 10.4 Å². The van der Waals surface area contributed by atoms with Gasteiger partial charge in [-0.1, -0.05) is 13.0 Å². The highest BCUT2D eigenvalue weighted by Crippen LogP contribution is 2.21. The average molecular weight is 291 g/mol. The van der Waals surface area contributed by atoms with Crippen molar-refractivity contribution < 1.29 is 19.1 Å². The van der Waals surface area contributed by atoms with Gasteiger partial charge in [-0.15, -0.1) is 0 Å². The van der Waals surface area contributed by atoms with Crippen LogP contribution in [-0.4, -0.2) is 26.8 Å². The number of carboxylic acids is 1. The monoisotopic (exact) mass is 291 g/mol. The number of aryl methyl sites for hydroxylation is 2. The largest absolute Gasteiger partial charge is 0.478 e. The van der Waals surface area contributed by atoms with Crippen LogP contribution in [-0.2, 0) is 13.5 Å². The van der Waals surface area contributed by atoms with Crippen molar-refractivity contribution in [1.29, 1.82) is 0 Å². The zero-order chi connectivity index (χ0) is 15.6. The molecule has 2 N–H and O–H groups in total. The van der Waals surface area contributed by atoms with E-state index in [0.29, 0.717) is 6.42 Å². The number of nitrogens with one attached hydrogen (secondary N) is 1. The van der Waals surface area contributed by atoms with Gasteiger partial charge in [-0.25, -0.2) is 9.18 Å². The number of benzene rings is 1. The highest BCUT2D eigenvalue weighted by Gasteiger charge is 2.19. The van der Waals surface area contributed by atoms with Crippen molar-refractivity contribution in [3.63, 3.8) is 0 Å². The minimum Gasteiger partial charge on any atom is -0.478 e. The van der Waals surface area contributed by atoms with Crippen LogP contribution in [0, 0.1) is 5.82 Å². The van der Waals surface area contributed by atoms with E-state index in [4.69, 9.17) is 5.11 Å². The maximum atomic E-state index is 13.8. The van der Waals surface area contributed by atoms with E-state index < -0.39 is 17.7 Å². The molecule has 110 valence electrons. The number of nitrogens with zero attached hydrogens (tertiary/aromatic N) is 2. The zero-order valence-electron chi connectivity index (χ0n) is 11.6. The molecule has 0 bridgehead atoms. The van der Waals surface area contributed by atoms with Crippen LogP contribution < -0.4 is 5.32 Å². The molecule has 1 heterocycles. The number of halogens is 1. The minimum atomic E-state index is -1.32. The number of carbonyl (C=O) groups is 2. The Morgan fingerprint density at radius 1 is 1.43 bits per heavy atom. The molecule has 2 aromatic rings. The number of carbonyl (C=O) groups excluding carboxylic acids is 1. The molecule has 2 rings (SSSR count). The summed E-state index contributed by atoms with van der Waals surface area (Å²) < 4.78 is 15.1. The molecule has 1 aromatic carbocycles. The van der Waals surface area contributed by atoms with E-state index >= 15 is 0 Å². The molecule has 21 heavy (non-hydrogen) atoms. The van der Waals surface area contributed by atoms with Gasteiger partial charge in [0.2, 0.25) is 0 Å². The number of aromatic nitrogens is 2. The van der Waals surface area contributed by atoms with E-state index in [-0.39, 0.29) is 16.9 Å². The summed E-state index contributed by atoms with van der Waals surface area (Å²) in [6.45, 7) is 1.89. The molecule has 6 nitrogen and oxygen atoms in total. The fourth-order valence-electron chi connectivity index (χ4n) is 1.92. The molecule has 0 radical (unpaired) electrons. The third-order valence-electron chi connectivity index (χ3n) is 3.01. The Balaban J connectivity index is 2.35. The fourth-order valence-corrected chi connectivity index (χ4v) is 1.92. The van der Waals surface area contributed by atoms with Crippen molar-refractivity contribution in [2.75, 3.05) is 5.32 Å². The number of hydrogen-bond donors (Lipinski definition) is 2. The first-order valence-electron chi connectivity index (χ1n) is 6.30. The van der Waals surface area contributed by atoms with Gasteiger partial charge in [-0.3, -0.25) is 9.48 Å². The van der Waals surface area contributed by atoms with Crippen molar-refractivity contribution in [3.8, 4) is 0 Å². The van der Waals surface area contributed by atoms with E-state index in [1.165, 1.54) is 16.8 Å². The van der Waals surface area contributed by atoms with Gasteiger partial charge in [0.25, 0.3) is 5.91 Å². The van der Waals surface area contributed by atoms with Crippen molar-refractivity contribution in [2.24, 2.45) is 7.05 Å². The number of hydrogen-bond acceptors (Lipinski definition) is 3. The molecular formula is C14H14FN3O3. The quantitative estimate of drug-likeness (QED) is 0.903. The zero-order valence-corrected chi connectivity index (χ0v) is 11.6. The lowest BCUT2D eigenvalue weighted by atomic mass is 10.1. The molecule has 0 unspecified atom stereocenters. The van der Waals surface area contributed by atoms with Gasteiger partial charge >= 0.3 is 5.97 Å². The van der Waals surface area contributed by atoms with Crippen LogP contribution in [0.25, 0.3) is 0 Å². The van der Waals surface area contributed by atoms with E-state index in [1.807, 2.05) is 6.92 Å². The lowest BCUT2D eigenvalue weighted by Crippen LogP contribution is -2.19. The van der Waals surface area contributed by atoms with Crippen LogP contribution in [0.3, 0.4) is 0 Å². The summed E-state index contributed by atoms with van der Waals surface area (Å²) in [5, 5.41) is 15.5. The molecule has 1 aromatic heterocycles. The summed E-state index contributed by atoms with van der Waals surface area (Å²) in [6.07, 6.45) is 0.654. The molecule has 0 atom stereocenters. The maximum absolute atomic E-state index is 13.8. The van der Waals surface area contributed by atoms with Gasteiger partial charge in [0.1, 0.15) is 11.5 Å². The van der Waals surface area contributed by atoms with Crippen LogP contribution in [0.4, 0.5) is 10.1 Å². The van der Waals surface area contributed by atoms with Crippen LogP contribution in [0.2, 0.25) is 0 Å². The van der Waals surface area contributed by atoms with Gasteiger partial charge in [-0.05, 0) is 24.6 Å². The molecule has 7 heteroatoms. The smallest absolute Gasteiger partial charge is 0.337 e. The normalized spacial score (nSPS) is 10.4. The third kappa shape index (κ3) is 2.91. The SMILES string of the molecule is CCc1cc(C(=O)Nc2c(F)cccc2C(=O)O)n(C)n1. The number of amides is 1. The van der Waals surface area contributed by atoms with E-state index in [9.17, 15) is 14.0 Å². The van der Waals surface area contributed by atoms with Crippen molar-refractivity contribution in [1.82, 2.24) is 9.78 Å². The number of para-hydroxylation sites is 1. The number of carboxylic acid groups (broad SMARTS) is 1. The molecule has 0 aliphatic carbocycles. The third-order valence-corrected chi connectivity index (χ3v) is 3.01. The second-order valence-electron chi connectivity index (χ2n) is 4.42. The molecule has 0 aliphatic rings. The summed E-state index contributed by atoms with van der Waals surface area (Å²) in [4.78, 5) is 23.2. The Bertz CT molecular complexity index is 709. The number of anilines is 1. The van der Waals surface area contributed by atoms with Crippen molar-refractivity contribution in [2.45, 2.75) is 13.3 Å². The lowest BCUT2D eigenvalue weighted by molar-refractivity contribution is 0.0697. The van der Waals surface area contributed by atoms with E-state index in [1.54, 1.807) is 13.1 Å². The van der Waals surface area contributed by atoms with Crippen LogP contribution in [0.1, 0.15) is 33.5 Å². The van der Waals surface area contributed by atoms with Gasteiger partial charge in [0.15, 0.2) is 0 Å². The first-order chi connectivity index (χ1) is 9.93. The highest BCUT2D eigenvalue weighted by atomic mass is 19.1. The van der Waals surface area contributed by atoms with Gasteiger partial charge in [-0.2, -0.15) is 5.10 Å². The topological polar surface area (TPSA) is 84.2 Å². The number of aromatic carboxylic acids is 1. The van der Waals surface area contributed by atoms with Crippen LogP contribution in [0.15, 0.2) is 24.3 Å². The van der Waals surface area contributed by atoms with Crippen molar-refractivity contribution >= 4 is 17.6 Å². The summed E-state index contributed by atoms with van der Waals surface area (Å²) in [5.74, 6) is -2.73. The Labute approximate surface area is 120 Å². The molecular weight excluding hydrogens is 277 g/mol.